The molecule has 2 aromatic carbocycles. The number of esters is 1. The van der Waals surface area contributed by atoms with Crippen molar-refractivity contribution in [3.8, 4) is 5.75 Å². The summed E-state index contributed by atoms with van der Waals surface area (Å²) in [5.74, 6) is 0.357. The Morgan fingerprint density at radius 2 is 1.92 bits per heavy atom. The van der Waals surface area contributed by atoms with Crippen LogP contribution in [-0.2, 0) is 22.6 Å². The molecule has 0 spiro atoms. The molecular formula is C19H21ClN2O3. The van der Waals surface area contributed by atoms with E-state index in [0.29, 0.717) is 13.0 Å². The van der Waals surface area contributed by atoms with Gasteiger partial charge in [-0.1, -0.05) is 42.5 Å². The van der Waals surface area contributed by atoms with Crippen molar-refractivity contribution in [2.45, 2.75) is 19.1 Å². The molecule has 0 aliphatic carbocycles. The predicted molar refractivity (Wildman–Crippen MR) is 100 cm³/mol. The average molecular weight is 361 g/mol. The summed E-state index contributed by atoms with van der Waals surface area (Å²) in [6.07, 6.45) is 2.28. The minimum atomic E-state index is -0.678. The van der Waals surface area contributed by atoms with Crippen molar-refractivity contribution >= 4 is 29.3 Å². The Kier molecular flexibility index (Phi) is 6.44. The number of nitrogens with two attached hydrogens (primary N) is 1. The van der Waals surface area contributed by atoms with Crippen molar-refractivity contribution < 1.29 is 14.3 Å². The molecule has 3 N–H and O–H groups in total. The first-order valence-corrected chi connectivity index (χ1v) is 7.78. The molecule has 0 aliphatic rings. The highest BCUT2D eigenvalue weighted by atomic mass is 35.5. The molecule has 0 unspecified atom stereocenters. The number of benzene rings is 2. The average Bonchev–Trinajstić information content (AvgIpc) is 3.03. The van der Waals surface area contributed by atoms with Crippen LogP contribution in [0.4, 0.5) is 0 Å². The number of carbonyl (C=O) groups is 1. The molecule has 132 valence electrons. The second-order valence-electron chi connectivity index (χ2n) is 5.60. The lowest BCUT2D eigenvalue weighted by atomic mass is 10.1. The zero-order valence-corrected chi connectivity index (χ0v) is 14.7. The van der Waals surface area contributed by atoms with E-state index in [2.05, 4.69) is 9.72 Å². The Morgan fingerprint density at radius 1 is 1.16 bits per heavy atom. The SMILES string of the molecule is COC(=O)[C@@H](N)Cc1c[nH]c2c(OCc3ccccc3)cccc12.Cl. The monoisotopic (exact) mass is 360 g/mol. The first-order chi connectivity index (χ1) is 11.7. The first kappa shape index (κ1) is 18.8. The van der Waals surface area contributed by atoms with E-state index >= 15 is 0 Å². The number of nitrogens with one attached hydrogen (secondary N) is 1. The molecule has 0 bridgehead atoms. The van der Waals surface area contributed by atoms with Gasteiger partial charge in [0, 0.05) is 18.0 Å². The van der Waals surface area contributed by atoms with Crippen LogP contribution in [0.3, 0.4) is 0 Å². The zero-order valence-electron chi connectivity index (χ0n) is 13.9. The molecule has 3 rings (SSSR count). The Hall–Kier alpha value is -2.50. The second kappa shape index (κ2) is 8.55. The van der Waals surface area contributed by atoms with Crippen LogP contribution in [0.5, 0.6) is 5.75 Å². The van der Waals surface area contributed by atoms with Gasteiger partial charge in [0.1, 0.15) is 18.4 Å². The van der Waals surface area contributed by atoms with Gasteiger partial charge in [0.25, 0.3) is 0 Å². The van der Waals surface area contributed by atoms with Gasteiger partial charge in [-0.15, -0.1) is 12.4 Å². The summed E-state index contributed by atoms with van der Waals surface area (Å²) in [7, 11) is 1.34. The lowest BCUT2D eigenvalue weighted by molar-refractivity contribution is -0.142. The number of aromatic amines is 1. The first-order valence-electron chi connectivity index (χ1n) is 7.78. The fourth-order valence-corrected chi connectivity index (χ4v) is 2.68. The van der Waals surface area contributed by atoms with Gasteiger partial charge in [-0.3, -0.25) is 4.79 Å². The standard InChI is InChI=1S/C19H20N2O3.ClH/c1-23-19(22)16(20)10-14-11-21-18-15(14)8-5-9-17(18)24-12-13-6-3-2-4-7-13;/h2-9,11,16,21H,10,12,20H2,1H3;1H/t16-;/m0./s1. The van der Waals surface area contributed by atoms with Crippen LogP contribution >= 0.6 is 12.4 Å². The van der Waals surface area contributed by atoms with Crippen LogP contribution in [0, 0.1) is 0 Å². The van der Waals surface area contributed by atoms with Gasteiger partial charge < -0.3 is 20.2 Å². The van der Waals surface area contributed by atoms with Crippen LogP contribution in [-0.4, -0.2) is 24.1 Å². The van der Waals surface area contributed by atoms with Crippen molar-refractivity contribution in [3.63, 3.8) is 0 Å². The molecule has 1 aromatic heterocycles. The minimum absolute atomic E-state index is 0. The zero-order chi connectivity index (χ0) is 16.9. The number of carbonyl (C=O) groups excluding carboxylic acids is 1. The number of ether oxygens (including phenoxy) is 2. The molecule has 1 heterocycles. The molecule has 0 radical (unpaired) electrons. The molecule has 0 fully saturated rings. The smallest absolute Gasteiger partial charge is 0.322 e. The lowest BCUT2D eigenvalue weighted by Gasteiger charge is -2.09. The number of H-pyrrole nitrogens is 1. The maximum atomic E-state index is 11.5. The highest BCUT2D eigenvalue weighted by Gasteiger charge is 2.17. The number of para-hydroxylation sites is 1. The van der Waals surface area contributed by atoms with E-state index in [1.807, 2.05) is 54.7 Å². The maximum absolute atomic E-state index is 11.5. The lowest BCUT2D eigenvalue weighted by Crippen LogP contribution is -2.33. The van der Waals surface area contributed by atoms with Gasteiger partial charge in [-0.25, -0.2) is 0 Å². The van der Waals surface area contributed by atoms with Gasteiger partial charge in [-0.2, -0.15) is 0 Å². The number of hydrogen-bond donors (Lipinski definition) is 2. The number of rotatable bonds is 6. The van der Waals surface area contributed by atoms with Crippen molar-refractivity contribution in [2.75, 3.05) is 7.11 Å². The molecule has 0 saturated heterocycles. The third kappa shape index (κ3) is 4.32. The van der Waals surface area contributed by atoms with E-state index in [1.165, 1.54) is 7.11 Å². The van der Waals surface area contributed by atoms with Gasteiger partial charge in [0.2, 0.25) is 0 Å². The fraction of sp³-hybridized carbons (Fsp3) is 0.211. The van der Waals surface area contributed by atoms with E-state index in [0.717, 1.165) is 27.8 Å². The van der Waals surface area contributed by atoms with Crippen molar-refractivity contribution in [2.24, 2.45) is 5.73 Å². The molecule has 6 heteroatoms. The third-order valence-corrected chi connectivity index (χ3v) is 3.94. The van der Waals surface area contributed by atoms with Gasteiger partial charge in [-0.05, 0) is 17.2 Å². The molecule has 25 heavy (non-hydrogen) atoms. The van der Waals surface area contributed by atoms with Crippen molar-refractivity contribution in [3.05, 3.63) is 65.9 Å². The Morgan fingerprint density at radius 3 is 2.64 bits per heavy atom. The number of aromatic nitrogens is 1. The second-order valence-corrected chi connectivity index (χ2v) is 5.60. The number of methoxy groups -OCH3 is 1. The molecule has 0 aliphatic heterocycles. The number of hydrogen-bond acceptors (Lipinski definition) is 4. The predicted octanol–water partition coefficient (Wildman–Crippen LogP) is 3.21. The highest BCUT2D eigenvalue weighted by molar-refractivity contribution is 5.89. The minimum Gasteiger partial charge on any atom is -0.487 e. The summed E-state index contributed by atoms with van der Waals surface area (Å²) >= 11 is 0. The van der Waals surface area contributed by atoms with Gasteiger partial charge in [0.15, 0.2) is 0 Å². The van der Waals surface area contributed by atoms with Crippen LogP contribution in [0.25, 0.3) is 10.9 Å². The van der Waals surface area contributed by atoms with E-state index in [4.69, 9.17) is 10.5 Å². The normalized spacial score (nSPS) is 11.6. The van der Waals surface area contributed by atoms with Crippen molar-refractivity contribution in [1.82, 2.24) is 4.98 Å². The Labute approximate surface area is 152 Å². The van der Waals surface area contributed by atoms with Crippen LogP contribution in [0.1, 0.15) is 11.1 Å². The summed E-state index contributed by atoms with van der Waals surface area (Å²) in [5.41, 5.74) is 8.84. The Bertz CT molecular complexity index is 833. The van der Waals surface area contributed by atoms with Crippen LogP contribution in [0.15, 0.2) is 54.7 Å². The quantitative estimate of drug-likeness (QED) is 0.662. The summed E-state index contributed by atoms with van der Waals surface area (Å²) in [5, 5.41) is 1.000. The summed E-state index contributed by atoms with van der Waals surface area (Å²) in [6, 6.07) is 15.2. The number of fused-ring (bicyclic) bond motifs is 1. The number of halogens is 1. The highest BCUT2D eigenvalue weighted by Crippen LogP contribution is 2.28. The summed E-state index contributed by atoms with van der Waals surface area (Å²) < 4.78 is 10.6. The van der Waals surface area contributed by atoms with Crippen LogP contribution < -0.4 is 10.5 Å². The molecule has 0 saturated carbocycles. The summed E-state index contributed by atoms with van der Waals surface area (Å²) in [4.78, 5) is 14.7. The van der Waals surface area contributed by atoms with E-state index in [1.54, 1.807) is 0 Å². The molecule has 1 atom stereocenters. The maximum Gasteiger partial charge on any atom is 0.322 e. The molecule has 3 aromatic rings. The van der Waals surface area contributed by atoms with E-state index in [-0.39, 0.29) is 12.4 Å². The van der Waals surface area contributed by atoms with Gasteiger partial charge >= 0.3 is 5.97 Å². The largest absolute Gasteiger partial charge is 0.487 e. The molecular weight excluding hydrogens is 340 g/mol. The van der Waals surface area contributed by atoms with Crippen LogP contribution in [0.2, 0.25) is 0 Å². The van der Waals surface area contributed by atoms with Crippen molar-refractivity contribution in [1.29, 1.82) is 0 Å². The third-order valence-electron chi connectivity index (χ3n) is 3.94. The fourth-order valence-electron chi connectivity index (χ4n) is 2.68. The topological polar surface area (TPSA) is 77.3 Å². The van der Waals surface area contributed by atoms with E-state index < -0.39 is 12.0 Å². The summed E-state index contributed by atoms with van der Waals surface area (Å²) in [6.45, 7) is 0.496. The Balaban J connectivity index is 0.00000225. The molecule has 0 amide bonds. The van der Waals surface area contributed by atoms with Gasteiger partial charge in [0.05, 0.1) is 12.6 Å². The molecule has 5 nitrogen and oxygen atoms in total. The van der Waals surface area contributed by atoms with E-state index in [9.17, 15) is 4.79 Å².